The summed E-state index contributed by atoms with van der Waals surface area (Å²) in [6.07, 6.45) is 2.50. The second kappa shape index (κ2) is 5.97. The average molecular weight is 280 g/mol. The fourth-order valence-corrected chi connectivity index (χ4v) is 2.76. The molecular weight excluding hydrogens is 264 g/mol. The summed E-state index contributed by atoms with van der Waals surface area (Å²) in [5, 5.41) is 5.50. The maximum Gasteiger partial charge on any atom is 0.262 e. The van der Waals surface area contributed by atoms with Gasteiger partial charge in [0.25, 0.3) is 5.91 Å². The topological polar surface area (TPSA) is 75.3 Å². The number of hydrogen-bond donors (Lipinski definition) is 2. The van der Waals surface area contributed by atoms with Gasteiger partial charge in [-0.2, -0.15) is 0 Å². The Morgan fingerprint density at radius 2 is 2.05 bits per heavy atom. The lowest BCUT2D eigenvalue weighted by atomic mass is 10.1. The molecule has 0 saturated carbocycles. The van der Waals surface area contributed by atoms with E-state index >= 15 is 0 Å². The standard InChI is InChI=1S/C13H16N2O3S/c1-8(16)10-5-6-11(19-10)13(18)15-9-4-2-3-7-14-12(9)17/h5-6,9H,2-4,7H2,1H3,(H,14,17)(H,15,18)/t9-/m0/s1. The van der Waals surface area contributed by atoms with Crippen LogP contribution in [0.3, 0.4) is 0 Å². The number of carbonyl (C=O) groups is 3. The minimum Gasteiger partial charge on any atom is -0.354 e. The molecule has 2 rings (SSSR count). The molecular formula is C13H16N2O3S. The Morgan fingerprint density at radius 3 is 2.74 bits per heavy atom. The van der Waals surface area contributed by atoms with E-state index in [2.05, 4.69) is 10.6 Å². The average Bonchev–Trinajstić information content (AvgIpc) is 2.78. The smallest absolute Gasteiger partial charge is 0.262 e. The van der Waals surface area contributed by atoms with E-state index in [-0.39, 0.29) is 17.6 Å². The van der Waals surface area contributed by atoms with E-state index < -0.39 is 6.04 Å². The Labute approximate surface area is 115 Å². The van der Waals surface area contributed by atoms with Crippen molar-refractivity contribution in [3.05, 3.63) is 21.9 Å². The molecule has 1 fully saturated rings. The lowest BCUT2D eigenvalue weighted by molar-refractivity contribution is -0.122. The van der Waals surface area contributed by atoms with E-state index in [1.165, 1.54) is 6.92 Å². The van der Waals surface area contributed by atoms with E-state index in [4.69, 9.17) is 0 Å². The van der Waals surface area contributed by atoms with Gasteiger partial charge >= 0.3 is 0 Å². The van der Waals surface area contributed by atoms with Gasteiger partial charge in [0.1, 0.15) is 6.04 Å². The van der Waals surface area contributed by atoms with Crippen LogP contribution in [0.2, 0.25) is 0 Å². The van der Waals surface area contributed by atoms with Crippen molar-refractivity contribution >= 4 is 28.9 Å². The first-order valence-electron chi connectivity index (χ1n) is 6.27. The zero-order chi connectivity index (χ0) is 13.8. The first kappa shape index (κ1) is 13.7. The summed E-state index contributed by atoms with van der Waals surface area (Å²) < 4.78 is 0. The third-order valence-electron chi connectivity index (χ3n) is 3.02. The Bertz CT molecular complexity index is 510. The summed E-state index contributed by atoms with van der Waals surface area (Å²) in [7, 11) is 0. The zero-order valence-electron chi connectivity index (χ0n) is 10.7. The van der Waals surface area contributed by atoms with Gasteiger partial charge in [0, 0.05) is 6.54 Å². The molecule has 0 unspecified atom stereocenters. The number of ketones is 1. The molecule has 2 heterocycles. The van der Waals surface area contributed by atoms with Gasteiger partial charge in [-0.3, -0.25) is 14.4 Å². The van der Waals surface area contributed by atoms with Crippen LogP contribution in [-0.4, -0.2) is 30.2 Å². The van der Waals surface area contributed by atoms with Crippen LogP contribution >= 0.6 is 11.3 Å². The molecule has 2 amide bonds. The number of nitrogens with one attached hydrogen (secondary N) is 2. The second-order valence-electron chi connectivity index (χ2n) is 4.53. The number of rotatable bonds is 3. The van der Waals surface area contributed by atoms with Crippen LogP contribution in [-0.2, 0) is 4.79 Å². The molecule has 0 radical (unpaired) electrons. The van der Waals surface area contributed by atoms with Crippen LogP contribution < -0.4 is 10.6 Å². The molecule has 0 spiro atoms. The van der Waals surface area contributed by atoms with Crippen LogP contribution in [0.5, 0.6) is 0 Å². The molecule has 1 atom stereocenters. The molecule has 6 heteroatoms. The molecule has 5 nitrogen and oxygen atoms in total. The van der Waals surface area contributed by atoms with Gasteiger partial charge in [0.2, 0.25) is 5.91 Å². The van der Waals surface area contributed by atoms with Crippen molar-refractivity contribution in [2.24, 2.45) is 0 Å². The number of hydrogen-bond acceptors (Lipinski definition) is 4. The molecule has 0 aromatic carbocycles. The molecule has 1 aromatic heterocycles. The highest BCUT2D eigenvalue weighted by atomic mass is 32.1. The Hall–Kier alpha value is -1.69. The largest absolute Gasteiger partial charge is 0.354 e. The summed E-state index contributed by atoms with van der Waals surface area (Å²) in [4.78, 5) is 35.9. The molecule has 0 aliphatic carbocycles. The van der Waals surface area contributed by atoms with Gasteiger partial charge in [-0.1, -0.05) is 0 Å². The van der Waals surface area contributed by atoms with Gasteiger partial charge < -0.3 is 10.6 Å². The number of thiophene rings is 1. The van der Waals surface area contributed by atoms with E-state index in [1.54, 1.807) is 12.1 Å². The highest BCUT2D eigenvalue weighted by Gasteiger charge is 2.23. The molecule has 1 aliphatic rings. The Kier molecular flexibility index (Phi) is 4.31. The molecule has 19 heavy (non-hydrogen) atoms. The highest BCUT2D eigenvalue weighted by Crippen LogP contribution is 2.17. The highest BCUT2D eigenvalue weighted by molar-refractivity contribution is 7.15. The zero-order valence-corrected chi connectivity index (χ0v) is 11.5. The van der Waals surface area contributed by atoms with Crippen LogP contribution in [0.1, 0.15) is 45.5 Å². The SMILES string of the molecule is CC(=O)c1ccc(C(=O)N[C@H]2CCCCNC2=O)s1. The van der Waals surface area contributed by atoms with E-state index in [1.807, 2.05) is 0 Å². The first-order valence-corrected chi connectivity index (χ1v) is 7.09. The van der Waals surface area contributed by atoms with Crippen LogP contribution in [0.4, 0.5) is 0 Å². The van der Waals surface area contributed by atoms with Crippen LogP contribution in [0.25, 0.3) is 0 Å². The van der Waals surface area contributed by atoms with Crippen molar-refractivity contribution in [2.75, 3.05) is 6.54 Å². The van der Waals surface area contributed by atoms with Crippen molar-refractivity contribution in [1.29, 1.82) is 0 Å². The summed E-state index contributed by atoms with van der Waals surface area (Å²) in [6, 6.07) is 2.78. The number of Topliss-reactive ketones (excluding diaryl/α,β-unsaturated/α-hetero) is 1. The van der Waals surface area contributed by atoms with Crippen LogP contribution in [0, 0.1) is 0 Å². The van der Waals surface area contributed by atoms with Crippen molar-refractivity contribution in [1.82, 2.24) is 10.6 Å². The Balaban J connectivity index is 2.02. The quantitative estimate of drug-likeness (QED) is 0.821. The maximum atomic E-state index is 12.0. The van der Waals surface area contributed by atoms with E-state index in [0.717, 1.165) is 24.2 Å². The fourth-order valence-electron chi connectivity index (χ4n) is 1.96. The normalized spacial score (nSPS) is 19.4. The molecule has 1 aliphatic heterocycles. The van der Waals surface area contributed by atoms with E-state index in [9.17, 15) is 14.4 Å². The molecule has 1 aromatic rings. The Morgan fingerprint density at radius 1 is 1.32 bits per heavy atom. The van der Waals surface area contributed by atoms with Crippen molar-refractivity contribution in [2.45, 2.75) is 32.2 Å². The third kappa shape index (κ3) is 3.41. The third-order valence-corrected chi connectivity index (χ3v) is 4.20. The summed E-state index contributed by atoms with van der Waals surface area (Å²) in [6.45, 7) is 2.13. The van der Waals surface area contributed by atoms with Crippen molar-refractivity contribution < 1.29 is 14.4 Å². The monoisotopic (exact) mass is 280 g/mol. The van der Waals surface area contributed by atoms with Gasteiger partial charge in [-0.15, -0.1) is 11.3 Å². The predicted molar refractivity (Wildman–Crippen MR) is 72.4 cm³/mol. The van der Waals surface area contributed by atoms with E-state index in [0.29, 0.717) is 22.7 Å². The lowest BCUT2D eigenvalue weighted by Crippen LogP contribution is -2.45. The molecule has 0 bridgehead atoms. The maximum absolute atomic E-state index is 12.0. The number of amides is 2. The van der Waals surface area contributed by atoms with Gasteiger partial charge in [-0.25, -0.2) is 0 Å². The van der Waals surface area contributed by atoms with Gasteiger partial charge in [0.05, 0.1) is 9.75 Å². The minimum absolute atomic E-state index is 0.0590. The number of carbonyl (C=O) groups excluding carboxylic acids is 3. The van der Waals surface area contributed by atoms with Gasteiger partial charge in [-0.05, 0) is 38.3 Å². The summed E-state index contributed by atoms with van der Waals surface area (Å²) >= 11 is 1.15. The predicted octanol–water partition coefficient (Wildman–Crippen LogP) is 1.35. The fraction of sp³-hybridized carbons (Fsp3) is 0.462. The molecule has 102 valence electrons. The van der Waals surface area contributed by atoms with Crippen molar-refractivity contribution in [3.8, 4) is 0 Å². The summed E-state index contributed by atoms with van der Waals surface area (Å²) in [5.41, 5.74) is 0. The van der Waals surface area contributed by atoms with Gasteiger partial charge in [0.15, 0.2) is 5.78 Å². The lowest BCUT2D eigenvalue weighted by Gasteiger charge is -2.14. The van der Waals surface area contributed by atoms with Crippen LogP contribution in [0.15, 0.2) is 12.1 Å². The second-order valence-corrected chi connectivity index (χ2v) is 5.62. The first-order chi connectivity index (χ1) is 9.08. The summed E-state index contributed by atoms with van der Waals surface area (Å²) in [5.74, 6) is -0.481. The molecule has 1 saturated heterocycles. The minimum atomic E-state index is -0.474. The van der Waals surface area contributed by atoms with Crippen molar-refractivity contribution in [3.63, 3.8) is 0 Å². The molecule has 2 N–H and O–H groups in total.